The van der Waals surface area contributed by atoms with E-state index in [0.717, 1.165) is 0 Å². The molecule has 0 aliphatic carbocycles. The van der Waals surface area contributed by atoms with Crippen molar-refractivity contribution in [3.8, 4) is 0 Å². The molecule has 13 heavy (non-hydrogen) atoms. The Labute approximate surface area is 67.5 Å². The Hall–Kier alpha value is -1.08. The van der Waals surface area contributed by atoms with Gasteiger partial charge >= 0.3 is 17.7 Å². The third kappa shape index (κ3) is 2.43. The number of carbonyl (C=O) groups is 2. The number of halogens is 6. The normalized spacial score (nSPS) is 14.4. The minimum absolute atomic E-state index is 3.11. The van der Waals surface area contributed by atoms with Gasteiger partial charge in [0.25, 0.3) is 6.43 Å². The van der Waals surface area contributed by atoms with Crippen molar-refractivity contribution in [2.24, 2.45) is 0 Å². The lowest BCUT2D eigenvalue weighted by molar-refractivity contribution is -0.173. The van der Waals surface area contributed by atoms with E-state index in [2.05, 4.69) is 0 Å². The van der Waals surface area contributed by atoms with Crippen molar-refractivity contribution in [3.63, 3.8) is 0 Å². The zero-order valence-corrected chi connectivity index (χ0v) is 5.74. The highest BCUT2D eigenvalue weighted by Gasteiger charge is 2.55. The molecule has 0 aromatic rings. The van der Waals surface area contributed by atoms with Crippen molar-refractivity contribution in [2.45, 2.75) is 18.5 Å². The summed E-state index contributed by atoms with van der Waals surface area (Å²) in [7, 11) is 0. The van der Waals surface area contributed by atoms with Crippen LogP contribution in [0.5, 0.6) is 0 Å². The van der Waals surface area contributed by atoms with Gasteiger partial charge in [0.2, 0.25) is 6.17 Å². The fraction of sp³-hybridized carbons (Fsp3) is 0.600. The number of rotatable bonds is 4. The summed E-state index contributed by atoms with van der Waals surface area (Å²) >= 11 is 0. The second-order valence-corrected chi connectivity index (χ2v) is 1.96. The Kier molecular flexibility index (Phi) is 3.44. The number of Topliss-reactive ketones (excluding diaryl/α,β-unsaturated/α-hetero) is 1. The van der Waals surface area contributed by atoms with Gasteiger partial charge in [-0.15, -0.1) is 0 Å². The maximum Gasteiger partial charge on any atom is 0.374 e. The van der Waals surface area contributed by atoms with E-state index >= 15 is 0 Å². The topological polar surface area (TPSA) is 34.1 Å². The van der Waals surface area contributed by atoms with Gasteiger partial charge in [-0.2, -0.15) is 13.2 Å². The molecule has 0 bridgehead atoms. The predicted octanol–water partition coefficient (Wildman–Crippen LogP) is 1.29. The second-order valence-electron chi connectivity index (χ2n) is 1.96. The van der Waals surface area contributed by atoms with Crippen molar-refractivity contribution < 1.29 is 35.9 Å². The van der Waals surface area contributed by atoms with E-state index in [-0.39, 0.29) is 0 Å². The van der Waals surface area contributed by atoms with E-state index in [0.29, 0.717) is 0 Å². The Bertz CT molecular complexity index is 225. The Morgan fingerprint density at radius 3 is 1.69 bits per heavy atom. The van der Waals surface area contributed by atoms with Crippen LogP contribution in [-0.2, 0) is 9.59 Å². The summed E-state index contributed by atoms with van der Waals surface area (Å²) < 4.78 is 69.9. The van der Waals surface area contributed by atoms with Crippen molar-refractivity contribution in [1.82, 2.24) is 0 Å². The molecule has 0 amide bonds. The minimum atomic E-state index is -5.32. The van der Waals surface area contributed by atoms with Crippen LogP contribution in [0.1, 0.15) is 0 Å². The zero-order chi connectivity index (χ0) is 10.8. The number of carbonyl (C=O) groups excluding carboxylic acids is 2. The van der Waals surface area contributed by atoms with Gasteiger partial charge in [-0.3, -0.25) is 9.59 Å². The van der Waals surface area contributed by atoms with Gasteiger partial charge in [0, 0.05) is 0 Å². The van der Waals surface area contributed by atoms with Gasteiger partial charge in [0.15, 0.2) is 0 Å². The van der Waals surface area contributed by atoms with E-state index in [1.54, 1.807) is 0 Å². The second kappa shape index (κ2) is 3.75. The fourth-order valence-electron chi connectivity index (χ4n) is 0.414. The summed E-state index contributed by atoms with van der Waals surface area (Å²) in [6.45, 7) is 0. The molecule has 0 N–H and O–H groups in total. The molecule has 0 heterocycles. The Morgan fingerprint density at radius 2 is 1.46 bits per heavy atom. The van der Waals surface area contributed by atoms with Crippen molar-refractivity contribution in [2.75, 3.05) is 0 Å². The summed E-state index contributed by atoms with van der Waals surface area (Å²) in [5.74, 6) is -8.43. The van der Waals surface area contributed by atoms with Crippen LogP contribution in [-0.4, -0.2) is 30.3 Å². The Morgan fingerprint density at radius 1 is 1.08 bits per heavy atom. The molecular weight excluding hydrogens is 206 g/mol. The van der Waals surface area contributed by atoms with E-state index in [1.165, 1.54) is 0 Å². The molecule has 0 fully saturated rings. The first kappa shape index (κ1) is 11.9. The predicted molar refractivity (Wildman–Crippen MR) is 27.0 cm³/mol. The summed E-state index contributed by atoms with van der Waals surface area (Å²) in [5.41, 5.74) is 0. The lowest BCUT2D eigenvalue weighted by Crippen LogP contribution is -2.45. The summed E-state index contributed by atoms with van der Waals surface area (Å²) in [6, 6.07) is -3.16. The maximum absolute atomic E-state index is 12.0. The van der Waals surface area contributed by atoms with Crippen LogP contribution < -0.4 is 0 Å². The number of hydrogen-bond donors (Lipinski definition) is 0. The molecule has 0 aromatic heterocycles. The SMILES string of the molecule is O=C(F)C(=O)C(F)(F)C(F)C(F)F. The van der Waals surface area contributed by atoms with E-state index < -0.39 is 30.3 Å². The number of hydrogen-bond acceptors (Lipinski definition) is 2. The van der Waals surface area contributed by atoms with E-state index in [4.69, 9.17) is 0 Å². The molecule has 2 nitrogen and oxygen atoms in total. The average molecular weight is 208 g/mol. The quantitative estimate of drug-likeness (QED) is 0.396. The molecule has 0 radical (unpaired) electrons. The molecule has 0 aromatic carbocycles. The molecule has 0 spiro atoms. The third-order valence-corrected chi connectivity index (χ3v) is 1.05. The van der Waals surface area contributed by atoms with Crippen molar-refractivity contribution in [1.29, 1.82) is 0 Å². The average Bonchev–Trinajstić information content (AvgIpc) is 2.01. The molecule has 0 aliphatic rings. The maximum atomic E-state index is 12.0. The lowest BCUT2D eigenvalue weighted by atomic mass is 10.1. The largest absolute Gasteiger partial charge is 0.374 e. The van der Waals surface area contributed by atoms with Crippen LogP contribution in [0.4, 0.5) is 26.3 Å². The van der Waals surface area contributed by atoms with Crippen LogP contribution >= 0.6 is 0 Å². The molecule has 1 unspecified atom stereocenters. The van der Waals surface area contributed by atoms with Crippen molar-refractivity contribution in [3.05, 3.63) is 0 Å². The summed E-state index contributed by atoms with van der Waals surface area (Å²) in [6.07, 6.45) is -8.35. The van der Waals surface area contributed by atoms with Gasteiger partial charge in [-0.1, -0.05) is 0 Å². The Balaban J connectivity index is 4.75. The van der Waals surface area contributed by atoms with E-state index in [1.807, 2.05) is 0 Å². The molecule has 0 saturated carbocycles. The van der Waals surface area contributed by atoms with Crippen LogP contribution in [0.2, 0.25) is 0 Å². The zero-order valence-electron chi connectivity index (χ0n) is 5.74. The van der Waals surface area contributed by atoms with Crippen LogP contribution in [0, 0.1) is 0 Å². The molecule has 0 rings (SSSR count). The molecule has 0 aliphatic heterocycles. The number of ketones is 1. The molecule has 76 valence electrons. The van der Waals surface area contributed by atoms with Gasteiger partial charge in [0.1, 0.15) is 0 Å². The van der Waals surface area contributed by atoms with Gasteiger partial charge < -0.3 is 0 Å². The highest BCUT2D eigenvalue weighted by molar-refractivity contribution is 6.36. The third-order valence-electron chi connectivity index (χ3n) is 1.05. The lowest BCUT2D eigenvalue weighted by Gasteiger charge is -2.15. The molecular formula is C5H2F6O2. The fourth-order valence-corrected chi connectivity index (χ4v) is 0.414. The molecule has 8 heteroatoms. The minimum Gasteiger partial charge on any atom is -0.281 e. The van der Waals surface area contributed by atoms with Crippen LogP contribution in [0.15, 0.2) is 0 Å². The molecule has 0 saturated heterocycles. The summed E-state index contributed by atoms with van der Waals surface area (Å²) in [5, 5.41) is 0. The first-order valence-electron chi connectivity index (χ1n) is 2.75. The highest BCUT2D eigenvalue weighted by atomic mass is 19.3. The smallest absolute Gasteiger partial charge is 0.281 e. The van der Waals surface area contributed by atoms with Gasteiger partial charge in [0.05, 0.1) is 0 Å². The molecule has 1 atom stereocenters. The first-order chi connectivity index (χ1) is 5.71. The van der Waals surface area contributed by atoms with Crippen LogP contribution in [0.3, 0.4) is 0 Å². The summed E-state index contributed by atoms with van der Waals surface area (Å²) in [4.78, 5) is 19.3. The monoisotopic (exact) mass is 208 g/mol. The van der Waals surface area contributed by atoms with Crippen LogP contribution in [0.25, 0.3) is 0 Å². The van der Waals surface area contributed by atoms with E-state index in [9.17, 15) is 35.9 Å². The standard InChI is InChI=1S/C5H2F6O2/c6-1(3(7)8)5(10,11)2(12)4(9)13/h1,3H. The number of alkyl halides is 5. The van der Waals surface area contributed by atoms with Gasteiger partial charge in [-0.05, 0) is 0 Å². The van der Waals surface area contributed by atoms with Crippen molar-refractivity contribution >= 4 is 11.8 Å². The highest BCUT2D eigenvalue weighted by Crippen LogP contribution is 2.27. The first-order valence-corrected chi connectivity index (χ1v) is 2.75. The van der Waals surface area contributed by atoms with Gasteiger partial charge in [-0.25, -0.2) is 13.2 Å².